The predicted octanol–water partition coefficient (Wildman–Crippen LogP) is 1.54. The monoisotopic (exact) mass is 238 g/mol. The van der Waals surface area contributed by atoms with Gasteiger partial charge in [-0.15, -0.1) is 0 Å². The van der Waals surface area contributed by atoms with Crippen molar-refractivity contribution in [2.45, 2.75) is 13.8 Å². The van der Waals surface area contributed by atoms with Gasteiger partial charge < -0.3 is 14.6 Å². The zero-order valence-corrected chi connectivity index (χ0v) is 9.73. The second-order valence-electron chi connectivity index (χ2n) is 3.13. The maximum atomic E-state index is 11.7. The van der Waals surface area contributed by atoms with E-state index in [-0.39, 0.29) is 23.7 Å². The number of phenols is 1. The second kappa shape index (κ2) is 5.89. The molecule has 5 heteroatoms. The van der Waals surface area contributed by atoms with Crippen molar-refractivity contribution >= 4 is 11.8 Å². The summed E-state index contributed by atoms with van der Waals surface area (Å²) in [6.45, 7) is 3.76. The number of hydrogen-bond donors (Lipinski definition) is 1. The lowest BCUT2D eigenvalue weighted by atomic mass is 10.1. The number of Topliss-reactive ketones (excluding diaryl/α,β-unsaturated/α-hetero) is 1. The molecule has 0 unspecified atom stereocenters. The largest absolute Gasteiger partial charge is 0.507 e. The van der Waals surface area contributed by atoms with Gasteiger partial charge in [0.15, 0.2) is 0 Å². The second-order valence-corrected chi connectivity index (χ2v) is 3.13. The highest BCUT2D eigenvalue weighted by molar-refractivity contribution is 6.42. The zero-order chi connectivity index (χ0) is 12.8. The Balaban J connectivity index is 3.10. The minimum atomic E-state index is -1.00. The van der Waals surface area contributed by atoms with Crippen LogP contribution >= 0.6 is 0 Å². The van der Waals surface area contributed by atoms with Gasteiger partial charge in [-0.2, -0.15) is 0 Å². The summed E-state index contributed by atoms with van der Waals surface area (Å²) in [5.74, 6) is -2.04. The van der Waals surface area contributed by atoms with Gasteiger partial charge in [0.2, 0.25) is 0 Å². The minimum absolute atomic E-state index is 0.0993. The van der Waals surface area contributed by atoms with Crippen LogP contribution in [0.2, 0.25) is 0 Å². The van der Waals surface area contributed by atoms with Crippen molar-refractivity contribution in [2.75, 3.05) is 13.2 Å². The van der Waals surface area contributed by atoms with Crippen LogP contribution in [-0.4, -0.2) is 30.1 Å². The van der Waals surface area contributed by atoms with E-state index in [9.17, 15) is 14.7 Å². The average molecular weight is 238 g/mol. The minimum Gasteiger partial charge on any atom is -0.507 e. The fourth-order valence-electron chi connectivity index (χ4n) is 1.32. The molecule has 0 radical (unpaired) electrons. The van der Waals surface area contributed by atoms with Crippen molar-refractivity contribution < 1.29 is 24.2 Å². The molecule has 1 N–H and O–H groups in total. The zero-order valence-electron chi connectivity index (χ0n) is 9.73. The number of carbonyl (C=O) groups excluding carboxylic acids is 2. The van der Waals surface area contributed by atoms with E-state index < -0.39 is 11.8 Å². The molecule has 1 rings (SSSR count). The number of hydrogen-bond acceptors (Lipinski definition) is 5. The summed E-state index contributed by atoms with van der Waals surface area (Å²) in [5, 5.41) is 9.60. The molecule has 0 aromatic heterocycles. The quantitative estimate of drug-likeness (QED) is 0.478. The number of ketones is 1. The highest BCUT2D eigenvalue weighted by Gasteiger charge is 2.25. The summed E-state index contributed by atoms with van der Waals surface area (Å²) in [6.07, 6.45) is 0. The van der Waals surface area contributed by atoms with E-state index in [1.165, 1.54) is 18.2 Å². The van der Waals surface area contributed by atoms with Gasteiger partial charge in [0.25, 0.3) is 5.78 Å². The highest BCUT2D eigenvalue weighted by atomic mass is 16.5. The van der Waals surface area contributed by atoms with E-state index in [2.05, 4.69) is 4.74 Å². The smallest absolute Gasteiger partial charge is 0.379 e. The van der Waals surface area contributed by atoms with Gasteiger partial charge in [-0.05, 0) is 26.0 Å². The van der Waals surface area contributed by atoms with E-state index in [1.54, 1.807) is 13.8 Å². The van der Waals surface area contributed by atoms with Gasteiger partial charge in [-0.1, -0.05) is 6.07 Å². The molecular weight excluding hydrogens is 224 g/mol. The van der Waals surface area contributed by atoms with Gasteiger partial charge >= 0.3 is 5.97 Å². The summed E-state index contributed by atoms with van der Waals surface area (Å²) >= 11 is 0. The summed E-state index contributed by atoms with van der Waals surface area (Å²) in [4.78, 5) is 23.1. The third-order valence-electron chi connectivity index (χ3n) is 1.99. The number of esters is 1. The lowest BCUT2D eigenvalue weighted by Crippen LogP contribution is -2.18. The Labute approximate surface area is 99.0 Å². The van der Waals surface area contributed by atoms with E-state index in [1.807, 2.05) is 0 Å². The molecule has 5 nitrogen and oxygen atoms in total. The maximum absolute atomic E-state index is 11.7. The van der Waals surface area contributed by atoms with Crippen molar-refractivity contribution in [2.24, 2.45) is 0 Å². The summed E-state index contributed by atoms with van der Waals surface area (Å²) in [6, 6.07) is 4.35. The number of aromatic hydroxyl groups is 1. The summed E-state index contributed by atoms with van der Waals surface area (Å²) in [5.41, 5.74) is -0.159. The van der Waals surface area contributed by atoms with Crippen LogP contribution in [0.5, 0.6) is 11.5 Å². The standard InChI is InChI=1S/C12H14O5/c1-3-16-9-7-5-6-8(13)10(9)11(14)12(15)17-4-2/h5-7,13H,3-4H2,1-2H3. The fraction of sp³-hybridized carbons (Fsp3) is 0.333. The molecule has 17 heavy (non-hydrogen) atoms. The molecular formula is C12H14O5. The predicted molar refractivity (Wildman–Crippen MR) is 60.2 cm³/mol. The number of rotatable bonds is 5. The first-order valence-electron chi connectivity index (χ1n) is 5.28. The van der Waals surface area contributed by atoms with Crippen LogP contribution in [0.25, 0.3) is 0 Å². The average Bonchev–Trinajstić information content (AvgIpc) is 2.29. The first-order chi connectivity index (χ1) is 8.11. The summed E-state index contributed by atoms with van der Waals surface area (Å²) in [7, 11) is 0. The number of phenolic OH excluding ortho intramolecular Hbond substituents is 1. The first kappa shape index (κ1) is 13.0. The van der Waals surface area contributed by atoms with Crippen LogP contribution in [-0.2, 0) is 9.53 Å². The molecule has 0 saturated carbocycles. The molecule has 0 bridgehead atoms. The Kier molecular flexibility index (Phi) is 4.51. The highest BCUT2D eigenvalue weighted by Crippen LogP contribution is 2.28. The Morgan fingerprint density at radius 2 is 1.94 bits per heavy atom. The van der Waals surface area contributed by atoms with Gasteiger partial charge in [0.05, 0.1) is 13.2 Å². The maximum Gasteiger partial charge on any atom is 0.379 e. The van der Waals surface area contributed by atoms with Crippen LogP contribution in [0.15, 0.2) is 18.2 Å². The van der Waals surface area contributed by atoms with E-state index >= 15 is 0 Å². The molecule has 0 saturated heterocycles. The Hall–Kier alpha value is -2.04. The molecule has 0 aliphatic heterocycles. The molecule has 0 spiro atoms. The van der Waals surface area contributed by atoms with Gasteiger partial charge in [-0.3, -0.25) is 4.79 Å². The Morgan fingerprint density at radius 3 is 2.53 bits per heavy atom. The van der Waals surface area contributed by atoms with Gasteiger partial charge in [-0.25, -0.2) is 4.79 Å². The third kappa shape index (κ3) is 2.96. The van der Waals surface area contributed by atoms with Crippen LogP contribution in [0, 0.1) is 0 Å². The number of benzene rings is 1. The molecule has 92 valence electrons. The molecule has 1 aromatic carbocycles. The lowest BCUT2D eigenvalue weighted by molar-refractivity contribution is -0.137. The van der Waals surface area contributed by atoms with Crippen LogP contribution in [0.4, 0.5) is 0 Å². The Bertz CT molecular complexity index is 425. The van der Waals surface area contributed by atoms with Crippen LogP contribution < -0.4 is 4.74 Å². The number of ether oxygens (including phenoxy) is 2. The van der Waals surface area contributed by atoms with E-state index in [0.717, 1.165) is 0 Å². The van der Waals surface area contributed by atoms with Crippen molar-refractivity contribution in [3.05, 3.63) is 23.8 Å². The summed E-state index contributed by atoms with van der Waals surface area (Å²) < 4.78 is 9.77. The third-order valence-corrected chi connectivity index (χ3v) is 1.99. The molecule has 0 heterocycles. The van der Waals surface area contributed by atoms with Crippen molar-refractivity contribution in [1.29, 1.82) is 0 Å². The molecule has 0 aliphatic carbocycles. The van der Waals surface area contributed by atoms with Crippen LogP contribution in [0.3, 0.4) is 0 Å². The van der Waals surface area contributed by atoms with Crippen molar-refractivity contribution in [3.63, 3.8) is 0 Å². The van der Waals surface area contributed by atoms with E-state index in [0.29, 0.717) is 6.61 Å². The van der Waals surface area contributed by atoms with Gasteiger partial charge in [0, 0.05) is 0 Å². The Morgan fingerprint density at radius 1 is 1.24 bits per heavy atom. The van der Waals surface area contributed by atoms with Crippen LogP contribution in [0.1, 0.15) is 24.2 Å². The number of carbonyl (C=O) groups is 2. The van der Waals surface area contributed by atoms with E-state index in [4.69, 9.17) is 4.74 Å². The topological polar surface area (TPSA) is 72.8 Å². The fourth-order valence-corrected chi connectivity index (χ4v) is 1.32. The SMILES string of the molecule is CCOC(=O)C(=O)c1c(O)cccc1OCC. The molecule has 1 aromatic rings. The van der Waals surface area contributed by atoms with Crippen molar-refractivity contribution in [3.8, 4) is 11.5 Å². The lowest BCUT2D eigenvalue weighted by Gasteiger charge is -2.10. The van der Waals surface area contributed by atoms with Crippen molar-refractivity contribution in [1.82, 2.24) is 0 Å². The molecule has 0 atom stereocenters. The molecule has 0 amide bonds. The molecule has 0 fully saturated rings. The molecule has 0 aliphatic rings. The first-order valence-corrected chi connectivity index (χ1v) is 5.28. The van der Waals surface area contributed by atoms with Gasteiger partial charge in [0.1, 0.15) is 17.1 Å². The normalized spacial score (nSPS) is 9.76.